The Kier molecular flexibility index (Phi) is 4.96. The van der Waals surface area contributed by atoms with Crippen molar-refractivity contribution in [3.63, 3.8) is 0 Å². The maximum atomic E-state index is 12.4. The third kappa shape index (κ3) is 3.76. The van der Waals surface area contributed by atoms with E-state index in [1.807, 2.05) is 29.3 Å². The lowest BCUT2D eigenvalue weighted by Crippen LogP contribution is -2.45. The molecule has 1 aliphatic heterocycles. The minimum Gasteiger partial charge on any atom is -0.338 e. The second kappa shape index (κ2) is 7.52. The SMILES string of the molecule is Cc1cnc(C2CC2)n1C1CCN(C(=O)NCCc2ccccc2)CC1. The average molecular weight is 352 g/mol. The van der Waals surface area contributed by atoms with Gasteiger partial charge in [0, 0.05) is 43.5 Å². The minimum absolute atomic E-state index is 0.0733. The lowest BCUT2D eigenvalue weighted by Gasteiger charge is -2.34. The maximum absolute atomic E-state index is 12.4. The van der Waals surface area contributed by atoms with Crippen molar-refractivity contribution in [2.24, 2.45) is 0 Å². The number of likely N-dealkylation sites (tertiary alicyclic amines) is 1. The van der Waals surface area contributed by atoms with Crippen molar-refractivity contribution in [1.82, 2.24) is 19.8 Å². The summed E-state index contributed by atoms with van der Waals surface area (Å²) >= 11 is 0. The highest BCUT2D eigenvalue weighted by Crippen LogP contribution is 2.41. The number of aryl methyl sites for hydroxylation is 1. The van der Waals surface area contributed by atoms with Gasteiger partial charge in [0.15, 0.2) is 0 Å². The molecular formula is C21H28N4O. The summed E-state index contributed by atoms with van der Waals surface area (Å²) in [6, 6.07) is 10.9. The summed E-state index contributed by atoms with van der Waals surface area (Å²) in [6.07, 6.45) is 7.47. The van der Waals surface area contributed by atoms with Crippen LogP contribution in [0.15, 0.2) is 36.5 Å². The number of amides is 2. The molecule has 4 rings (SSSR count). The summed E-state index contributed by atoms with van der Waals surface area (Å²) in [4.78, 5) is 19.0. The van der Waals surface area contributed by atoms with Crippen molar-refractivity contribution in [1.29, 1.82) is 0 Å². The molecule has 0 atom stereocenters. The van der Waals surface area contributed by atoms with Gasteiger partial charge in [-0.05, 0) is 44.6 Å². The van der Waals surface area contributed by atoms with Gasteiger partial charge in [0.05, 0.1) is 0 Å². The van der Waals surface area contributed by atoms with Crippen molar-refractivity contribution in [3.05, 3.63) is 53.6 Å². The minimum atomic E-state index is 0.0733. The van der Waals surface area contributed by atoms with E-state index in [2.05, 4.69) is 33.9 Å². The molecule has 1 aliphatic carbocycles. The number of piperidine rings is 1. The Morgan fingerprint density at radius 3 is 2.58 bits per heavy atom. The van der Waals surface area contributed by atoms with Crippen LogP contribution in [-0.2, 0) is 6.42 Å². The van der Waals surface area contributed by atoms with E-state index in [1.54, 1.807) is 0 Å². The number of nitrogens with one attached hydrogen (secondary N) is 1. The van der Waals surface area contributed by atoms with Crippen LogP contribution in [0.3, 0.4) is 0 Å². The van der Waals surface area contributed by atoms with Crippen molar-refractivity contribution < 1.29 is 4.79 Å². The number of aromatic nitrogens is 2. The molecule has 1 saturated carbocycles. The van der Waals surface area contributed by atoms with Gasteiger partial charge < -0.3 is 14.8 Å². The molecule has 138 valence electrons. The van der Waals surface area contributed by atoms with Gasteiger partial charge in [-0.3, -0.25) is 0 Å². The molecule has 0 radical (unpaired) electrons. The zero-order valence-corrected chi connectivity index (χ0v) is 15.5. The maximum Gasteiger partial charge on any atom is 0.317 e. The lowest BCUT2D eigenvalue weighted by atomic mass is 10.0. The average Bonchev–Trinajstić information content (AvgIpc) is 3.45. The first kappa shape index (κ1) is 17.1. The number of benzene rings is 1. The monoisotopic (exact) mass is 352 g/mol. The zero-order valence-electron chi connectivity index (χ0n) is 15.5. The second-order valence-corrected chi connectivity index (χ2v) is 7.59. The quantitative estimate of drug-likeness (QED) is 0.893. The Hall–Kier alpha value is -2.30. The van der Waals surface area contributed by atoms with Crippen LogP contribution < -0.4 is 5.32 Å². The first-order valence-corrected chi connectivity index (χ1v) is 9.83. The topological polar surface area (TPSA) is 50.2 Å². The van der Waals surface area contributed by atoms with Crippen LogP contribution in [0.25, 0.3) is 0 Å². The summed E-state index contributed by atoms with van der Waals surface area (Å²) in [5, 5.41) is 3.07. The molecule has 5 nitrogen and oxygen atoms in total. The summed E-state index contributed by atoms with van der Waals surface area (Å²) < 4.78 is 2.45. The lowest BCUT2D eigenvalue weighted by molar-refractivity contribution is 0.170. The van der Waals surface area contributed by atoms with Crippen molar-refractivity contribution in [2.45, 2.75) is 51.0 Å². The van der Waals surface area contributed by atoms with Gasteiger partial charge in [-0.1, -0.05) is 30.3 Å². The Labute approximate surface area is 155 Å². The highest BCUT2D eigenvalue weighted by molar-refractivity contribution is 5.74. The van der Waals surface area contributed by atoms with Gasteiger partial charge in [-0.15, -0.1) is 0 Å². The van der Waals surface area contributed by atoms with Gasteiger partial charge in [0.1, 0.15) is 5.82 Å². The number of rotatable bonds is 5. The molecule has 2 fully saturated rings. The molecule has 0 unspecified atom stereocenters. The molecule has 1 N–H and O–H groups in total. The Bertz CT molecular complexity index is 743. The summed E-state index contributed by atoms with van der Waals surface area (Å²) in [5.74, 6) is 1.94. The number of carbonyl (C=O) groups is 1. The summed E-state index contributed by atoms with van der Waals surface area (Å²) in [7, 11) is 0. The molecular weight excluding hydrogens is 324 g/mol. The molecule has 1 aromatic carbocycles. The van der Waals surface area contributed by atoms with Crippen LogP contribution in [-0.4, -0.2) is 40.1 Å². The third-order valence-electron chi connectivity index (χ3n) is 5.60. The molecule has 2 aliphatic rings. The van der Waals surface area contributed by atoms with Crippen LogP contribution in [0.1, 0.15) is 54.7 Å². The fourth-order valence-electron chi connectivity index (χ4n) is 3.98. The number of hydrogen-bond donors (Lipinski definition) is 1. The van der Waals surface area contributed by atoms with E-state index in [1.165, 1.54) is 29.9 Å². The van der Waals surface area contributed by atoms with Gasteiger partial charge in [-0.25, -0.2) is 9.78 Å². The number of nitrogens with zero attached hydrogens (tertiary/aromatic N) is 3. The number of carbonyl (C=O) groups excluding carboxylic acids is 1. The van der Waals surface area contributed by atoms with E-state index in [4.69, 9.17) is 0 Å². The normalized spacial score (nSPS) is 18.1. The van der Waals surface area contributed by atoms with Crippen molar-refractivity contribution in [3.8, 4) is 0 Å². The number of imidazole rings is 1. The van der Waals surface area contributed by atoms with Crippen LogP contribution in [0.2, 0.25) is 0 Å². The van der Waals surface area contributed by atoms with Crippen LogP contribution in [0.5, 0.6) is 0 Å². The predicted octanol–water partition coefficient (Wildman–Crippen LogP) is 3.66. The molecule has 5 heteroatoms. The van der Waals surface area contributed by atoms with Crippen LogP contribution in [0, 0.1) is 6.92 Å². The van der Waals surface area contributed by atoms with Crippen LogP contribution >= 0.6 is 0 Å². The highest BCUT2D eigenvalue weighted by Gasteiger charge is 2.32. The molecule has 0 bridgehead atoms. The standard InChI is InChI=1S/C21H28N4O/c1-16-15-23-20(18-7-8-18)25(16)19-10-13-24(14-11-19)21(26)22-12-9-17-5-3-2-4-6-17/h2-6,15,18-19H,7-14H2,1H3,(H,22,26). The molecule has 2 aromatic rings. The number of hydrogen-bond acceptors (Lipinski definition) is 2. The van der Waals surface area contributed by atoms with E-state index in [0.717, 1.165) is 32.4 Å². The van der Waals surface area contributed by atoms with Crippen LogP contribution in [0.4, 0.5) is 4.79 Å². The fourth-order valence-corrected chi connectivity index (χ4v) is 3.98. The molecule has 0 spiro atoms. The van der Waals surface area contributed by atoms with Gasteiger partial charge in [0.25, 0.3) is 0 Å². The molecule has 2 heterocycles. The smallest absolute Gasteiger partial charge is 0.317 e. The zero-order chi connectivity index (χ0) is 17.9. The van der Waals surface area contributed by atoms with Gasteiger partial charge in [-0.2, -0.15) is 0 Å². The Balaban J connectivity index is 1.27. The Morgan fingerprint density at radius 1 is 1.15 bits per heavy atom. The van der Waals surface area contributed by atoms with Gasteiger partial charge >= 0.3 is 6.03 Å². The molecule has 2 amide bonds. The van der Waals surface area contributed by atoms with E-state index in [9.17, 15) is 4.79 Å². The number of urea groups is 1. The van der Waals surface area contributed by atoms with Crippen molar-refractivity contribution >= 4 is 6.03 Å². The van der Waals surface area contributed by atoms with Crippen molar-refractivity contribution in [2.75, 3.05) is 19.6 Å². The van der Waals surface area contributed by atoms with E-state index in [-0.39, 0.29) is 6.03 Å². The summed E-state index contributed by atoms with van der Waals surface area (Å²) in [5.41, 5.74) is 2.52. The summed E-state index contributed by atoms with van der Waals surface area (Å²) in [6.45, 7) is 4.49. The largest absolute Gasteiger partial charge is 0.338 e. The Morgan fingerprint density at radius 2 is 1.88 bits per heavy atom. The van der Waals surface area contributed by atoms with E-state index >= 15 is 0 Å². The van der Waals surface area contributed by atoms with E-state index < -0.39 is 0 Å². The fraction of sp³-hybridized carbons (Fsp3) is 0.524. The first-order chi connectivity index (χ1) is 12.7. The third-order valence-corrected chi connectivity index (χ3v) is 5.60. The highest BCUT2D eigenvalue weighted by atomic mass is 16.2. The molecule has 1 saturated heterocycles. The second-order valence-electron chi connectivity index (χ2n) is 7.59. The first-order valence-electron chi connectivity index (χ1n) is 9.83. The molecule has 1 aromatic heterocycles. The van der Waals surface area contributed by atoms with E-state index in [0.29, 0.717) is 18.5 Å². The molecule has 26 heavy (non-hydrogen) atoms. The predicted molar refractivity (Wildman–Crippen MR) is 102 cm³/mol. The van der Waals surface area contributed by atoms with Gasteiger partial charge in [0.2, 0.25) is 0 Å².